The van der Waals surface area contributed by atoms with Gasteiger partial charge in [-0.2, -0.15) is 0 Å². The molecule has 0 saturated heterocycles. The van der Waals surface area contributed by atoms with Gasteiger partial charge in [0.15, 0.2) is 0 Å². The number of aromatic carboxylic acids is 1. The van der Waals surface area contributed by atoms with Gasteiger partial charge in [-0.15, -0.1) is 0 Å². The standard InChI is InChI=1S/C12H18N2O4/c1-7-4-8(18-9(7)10(15)16)5-14-6-12(2,3)11(13)17/h4,14H,5-6H2,1-3H3,(H2,13,17)(H,15,16). The highest BCUT2D eigenvalue weighted by molar-refractivity contribution is 5.86. The lowest BCUT2D eigenvalue weighted by molar-refractivity contribution is -0.125. The number of hydrogen-bond acceptors (Lipinski definition) is 4. The Kier molecular flexibility index (Phi) is 4.13. The number of primary amides is 1. The van der Waals surface area contributed by atoms with Crippen molar-refractivity contribution < 1.29 is 19.1 Å². The van der Waals surface area contributed by atoms with Crippen molar-refractivity contribution in [2.75, 3.05) is 6.54 Å². The van der Waals surface area contributed by atoms with Crippen LogP contribution in [0.4, 0.5) is 0 Å². The van der Waals surface area contributed by atoms with Crippen LogP contribution in [0.2, 0.25) is 0 Å². The fourth-order valence-corrected chi connectivity index (χ4v) is 1.43. The average Bonchev–Trinajstić information content (AvgIpc) is 2.59. The predicted molar refractivity (Wildman–Crippen MR) is 65.1 cm³/mol. The van der Waals surface area contributed by atoms with Crippen molar-refractivity contribution in [3.05, 3.63) is 23.2 Å². The van der Waals surface area contributed by atoms with Gasteiger partial charge >= 0.3 is 5.97 Å². The normalized spacial score (nSPS) is 11.5. The SMILES string of the molecule is Cc1cc(CNCC(C)(C)C(N)=O)oc1C(=O)O. The molecular formula is C12H18N2O4. The van der Waals surface area contributed by atoms with Gasteiger partial charge in [-0.05, 0) is 26.8 Å². The number of rotatable bonds is 6. The molecule has 0 atom stereocenters. The van der Waals surface area contributed by atoms with Crippen molar-refractivity contribution in [1.82, 2.24) is 5.32 Å². The number of aryl methyl sites for hydroxylation is 1. The highest BCUT2D eigenvalue weighted by Gasteiger charge is 2.24. The summed E-state index contributed by atoms with van der Waals surface area (Å²) in [6.45, 7) is 5.88. The van der Waals surface area contributed by atoms with Crippen LogP contribution in [0.1, 0.15) is 35.7 Å². The Bertz CT molecular complexity index is 463. The van der Waals surface area contributed by atoms with Crippen molar-refractivity contribution in [2.45, 2.75) is 27.3 Å². The Labute approximate surface area is 105 Å². The molecule has 1 aromatic heterocycles. The summed E-state index contributed by atoms with van der Waals surface area (Å²) in [4.78, 5) is 21.9. The summed E-state index contributed by atoms with van der Waals surface area (Å²) in [7, 11) is 0. The second-order valence-electron chi connectivity index (χ2n) is 4.88. The van der Waals surface area contributed by atoms with Crippen LogP contribution in [0.3, 0.4) is 0 Å². The summed E-state index contributed by atoms with van der Waals surface area (Å²) >= 11 is 0. The van der Waals surface area contributed by atoms with E-state index in [0.717, 1.165) is 0 Å². The first-order chi connectivity index (χ1) is 8.24. The predicted octanol–water partition coefficient (Wildman–Crippen LogP) is 0.887. The molecule has 1 rings (SSSR count). The summed E-state index contributed by atoms with van der Waals surface area (Å²) in [5.74, 6) is -1.01. The van der Waals surface area contributed by atoms with E-state index in [1.807, 2.05) is 0 Å². The Morgan fingerprint density at radius 1 is 1.50 bits per heavy atom. The average molecular weight is 254 g/mol. The molecule has 0 aliphatic heterocycles. The molecule has 0 aliphatic carbocycles. The number of carbonyl (C=O) groups is 2. The number of amides is 1. The van der Waals surface area contributed by atoms with Gasteiger partial charge in [0.25, 0.3) is 0 Å². The summed E-state index contributed by atoms with van der Waals surface area (Å²) in [5.41, 5.74) is 5.16. The first-order valence-electron chi connectivity index (χ1n) is 5.57. The lowest BCUT2D eigenvalue weighted by atomic mass is 9.93. The zero-order chi connectivity index (χ0) is 13.9. The monoisotopic (exact) mass is 254 g/mol. The lowest BCUT2D eigenvalue weighted by Crippen LogP contribution is -2.40. The molecule has 1 amide bonds. The minimum absolute atomic E-state index is 0.0547. The topological polar surface area (TPSA) is 106 Å². The molecule has 0 saturated carbocycles. The number of hydrogen-bond donors (Lipinski definition) is 3. The van der Waals surface area contributed by atoms with E-state index in [0.29, 0.717) is 24.4 Å². The number of carbonyl (C=O) groups excluding carboxylic acids is 1. The number of carboxylic acid groups (broad SMARTS) is 1. The fraction of sp³-hybridized carbons (Fsp3) is 0.500. The van der Waals surface area contributed by atoms with Crippen LogP contribution in [0.5, 0.6) is 0 Å². The van der Waals surface area contributed by atoms with Crippen molar-refractivity contribution in [2.24, 2.45) is 11.1 Å². The van der Waals surface area contributed by atoms with Gasteiger partial charge < -0.3 is 20.6 Å². The van der Waals surface area contributed by atoms with Crippen LogP contribution in [0.25, 0.3) is 0 Å². The molecule has 0 aliphatic rings. The minimum Gasteiger partial charge on any atom is -0.475 e. The molecule has 6 heteroatoms. The van der Waals surface area contributed by atoms with Crippen molar-refractivity contribution in [1.29, 1.82) is 0 Å². The summed E-state index contributed by atoms with van der Waals surface area (Å²) in [6.07, 6.45) is 0. The van der Waals surface area contributed by atoms with Crippen molar-refractivity contribution in [3.63, 3.8) is 0 Å². The van der Waals surface area contributed by atoms with Gasteiger partial charge in [0, 0.05) is 12.1 Å². The molecule has 0 radical (unpaired) electrons. The van der Waals surface area contributed by atoms with Crippen molar-refractivity contribution in [3.8, 4) is 0 Å². The maximum Gasteiger partial charge on any atom is 0.372 e. The van der Waals surface area contributed by atoms with Crippen LogP contribution in [-0.4, -0.2) is 23.5 Å². The molecule has 18 heavy (non-hydrogen) atoms. The third-order valence-corrected chi connectivity index (χ3v) is 2.70. The van der Waals surface area contributed by atoms with E-state index >= 15 is 0 Å². The largest absolute Gasteiger partial charge is 0.475 e. The van der Waals surface area contributed by atoms with E-state index in [9.17, 15) is 9.59 Å². The molecule has 6 nitrogen and oxygen atoms in total. The lowest BCUT2D eigenvalue weighted by Gasteiger charge is -2.20. The smallest absolute Gasteiger partial charge is 0.372 e. The van der Waals surface area contributed by atoms with Crippen LogP contribution < -0.4 is 11.1 Å². The first-order valence-corrected chi connectivity index (χ1v) is 5.57. The van der Waals surface area contributed by atoms with Gasteiger partial charge in [0.2, 0.25) is 11.7 Å². The molecule has 0 unspecified atom stereocenters. The van der Waals surface area contributed by atoms with Gasteiger partial charge in [-0.25, -0.2) is 4.79 Å². The molecular weight excluding hydrogens is 236 g/mol. The van der Waals surface area contributed by atoms with E-state index in [4.69, 9.17) is 15.3 Å². The van der Waals surface area contributed by atoms with E-state index < -0.39 is 17.3 Å². The van der Waals surface area contributed by atoms with E-state index in [-0.39, 0.29) is 5.76 Å². The molecule has 0 fully saturated rings. The Morgan fingerprint density at radius 2 is 2.11 bits per heavy atom. The summed E-state index contributed by atoms with van der Waals surface area (Å²) in [5, 5.41) is 11.8. The van der Waals surface area contributed by atoms with Crippen LogP contribution in [0, 0.1) is 12.3 Å². The molecule has 0 aromatic carbocycles. The van der Waals surface area contributed by atoms with Crippen LogP contribution in [-0.2, 0) is 11.3 Å². The molecule has 1 heterocycles. The number of carboxylic acids is 1. The van der Waals surface area contributed by atoms with Gasteiger partial charge in [0.1, 0.15) is 5.76 Å². The van der Waals surface area contributed by atoms with Gasteiger partial charge in [0.05, 0.1) is 12.0 Å². The van der Waals surface area contributed by atoms with Crippen molar-refractivity contribution >= 4 is 11.9 Å². The summed E-state index contributed by atoms with van der Waals surface area (Å²) in [6, 6.07) is 1.66. The van der Waals surface area contributed by atoms with E-state index in [2.05, 4.69) is 5.32 Å². The Hall–Kier alpha value is -1.82. The molecule has 100 valence electrons. The third kappa shape index (κ3) is 3.33. The van der Waals surface area contributed by atoms with E-state index in [1.54, 1.807) is 26.8 Å². The molecule has 0 spiro atoms. The summed E-state index contributed by atoms with van der Waals surface area (Å²) < 4.78 is 5.17. The Morgan fingerprint density at radius 3 is 2.56 bits per heavy atom. The molecule has 0 bridgehead atoms. The maximum absolute atomic E-state index is 11.1. The number of nitrogens with two attached hydrogens (primary N) is 1. The second kappa shape index (κ2) is 5.22. The Balaban J connectivity index is 2.57. The fourth-order valence-electron chi connectivity index (χ4n) is 1.43. The maximum atomic E-state index is 11.1. The molecule has 1 aromatic rings. The number of furan rings is 1. The second-order valence-corrected chi connectivity index (χ2v) is 4.88. The molecule has 4 N–H and O–H groups in total. The zero-order valence-electron chi connectivity index (χ0n) is 10.7. The zero-order valence-corrected chi connectivity index (χ0v) is 10.7. The van der Waals surface area contributed by atoms with Crippen LogP contribution in [0.15, 0.2) is 10.5 Å². The highest BCUT2D eigenvalue weighted by atomic mass is 16.4. The van der Waals surface area contributed by atoms with E-state index in [1.165, 1.54) is 0 Å². The minimum atomic E-state index is -1.09. The first kappa shape index (κ1) is 14.2. The highest BCUT2D eigenvalue weighted by Crippen LogP contribution is 2.16. The van der Waals surface area contributed by atoms with Crippen LogP contribution >= 0.6 is 0 Å². The quantitative estimate of drug-likeness (QED) is 0.699. The van der Waals surface area contributed by atoms with Gasteiger partial charge in [-0.3, -0.25) is 4.79 Å². The van der Waals surface area contributed by atoms with Gasteiger partial charge in [-0.1, -0.05) is 0 Å². The third-order valence-electron chi connectivity index (χ3n) is 2.70. The number of nitrogens with one attached hydrogen (secondary N) is 1.